The van der Waals surface area contributed by atoms with E-state index in [1.54, 1.807) is 41.2 Å². The molecule has 2 heterocycles. The first kappa shape index (κ1) is 21.4. The largest absolute Gasteiger partial charge is 0.355 e. The summed E-state index contributed by atoms with van der Waals surface area (Å²) in [6.07, 6.45) is 7.27. The van der Waals surface area contributed by atoms with Gasteiger partial charge in [-0.3, -0.25) is 14.0 Å². The molecular formula is C23H20N4O4S. The minimum Gasteiger partial charge on any atom is -0.355 e. The molecule has 2 aromatic heterocycles. The Kier molecular flexibility index (Phi) is 5.83. The maximum atomic E-state index is 12.9. The van der Waals surface area contributed by atoms with Crippen LogP contribution in [0.2, 0.25) is 0 Å². The summed E-state index contributed by atoms with van der Waals surface area (Å²) < 4.78 is 27.6. The number of nitrogens with one attached hydrogen (secondary N) is 1. The standard InChI is InChI=1S/C23H20N4O4S/c1-24-22(29)17-3-2-4-20(13-17)32(30,31)19-8-5-16(6-9-19)7-10-21(28)18-14-26-23-25-11-12-27(23)15-18/h2-6,8-9,11-15H,7,10H2,1H3,(H,24,29). The van der Waals surface area contributed by atoms with Crippen LogP contribution in [-0.2, 0) is 16.3 Å². The number of carbonyl (C=O) groups is 2. The van der Waals surface area contributed by atoms with Crippen LogP contribution >= 0.6 is 0 Å². The van der Waals surface area contributed by atoms with Gasteiger partial charge >= 0.3 is 0 Å². The number of fused-ring (bicyclic) bond motifs is 1. The average Bonchev–Trinajstić information content (AvgIpc) is 3.30. The molecule has 0 unspecified atom stereocenters. The summed E-state index contributed by atoms with van der Waals surface area (Å²) in [5.74, 6) is 0.111. The molecule has 32 heavy (non-hydrogen) atoms. The number of aryl methyl sites for hydroxylation is 1. The molecule has 0 aliphatic carbocycles. The second-order valence-corrected chi connectivity index (χ2v) is 9.10. The Labute approximate surface area is 184 Å². The van der Waals surface area contributed by atoms with Crippen molar-refractivity contribution in [3.05, 3.63) is 90.0 Å². The number of nitrogens with zero attached hydrogens (tertiary/aromatic N) is 3. The number of hydrogen-bond acceptors (Lipinski definition) is 6. The number of hydrogen-bond donors (Lipinski definition) is 1. The van der Waals surface area contributed by atoms with Gasteiger partial charge in [-0.2, -0.15) is 0 Å². The summed E-state index contributed by atoms with van der Waals surface area (Å²) in [4.78, 5) is 32.7. The molecule has 1 N–H and O–H groups in total. The molecule has 0 atom stereocenters. The third-order valence-corrected chi connectivity index (χ3v) is 6.84. The SMILES string of the molecule is CNC(=O)c1cccc(S(=O)(=O)c2ccc(CCC(=O)c3cnc4nccn4c3)cc2)c1. The molecule has 0 bridgehead atoms. The van der Waals surface area contributed by atoms with Gasteiger partial charge in [0.1, 0.15) is 0 Å². The molecule has 162 valence electrons. The number of sulfone groups is 1. The summed E-state index contributed by atoms with van der Waals surface area (Å²) in [5.41, 5.74) is 1.60. The topological polar surface area (TPSA) is 110 Å². The van der Waals surface area contributed by atoms with E-state index in [0.717, 1.165) is 5.56 Å². The number of carbonyl (C=O) groups excluding carboxylic acids is 2. The van der Waals surface area contributed by atoms with Gasteiger partial charge in [0.05, 0.1) is 15.4 Å². The molecule has 0 aliphatic heterocycles. The third kappa shape index (κ3) is 4.28. The second kappa shape index (κ2) is 8.72. The van der Waals surface area contributed by atoms with Crippen molar-refractivity contribution >= 4 is 27.3 Å². The number of imidazole rings is 1. The summed E-state index contributed by atoms with van der Waals surface area (Å²) in [5, 5.41) is 2.48. The smallest absolute Gasteiger partial charge is 0.251 e. The highest BCUT2D eigenvalue weighted by Crippen LogP contribution is 2.22. The Morgan fingerprint density at radius 3 is 2.53 bits per heavy atom. The van der Waals surface area contributed by atoms with Gasteiger partial charge in [-0.1, -0.05) is 18.2 Å². The fourth-order valence-corrected chi connectivity index (χ4v) is 4.59. The van der Waals surface area contributed by atoms with Crippen LogP contribution < -0.4 is 5.32 Å². The van der Waals surface area contributed by atoms with Crippen LogP contribution in [0, 0.1) is 0 Å². The highest BCUT2D eigenvalue weighted by Gasteiger charge is 2.19. The molecule has 0 spiro atoms. The Balaban J connectivity index is 1.46. The molecule has 1 amide bonds. The van der Waals surface area contributed by atoms with E-state index in [0.29, 0.717) is 17.8 Å². The van der Waals surface area contributed by atoms with Crippen LogP contribution in [0.5, 0.6) is 0 Å². The lowest BCUT2D eigenvalue weighted by Gasteiger charge is -2.08. The van der Waals surface area contributed by atoms with Gasteiger partial charge in [-0.25, -0.2) is 18.4 Å². The predicted octanol–water partition coefficient (Wildman–Crippen LogP) is 2.74. The third-order valence-electron chi connectivity index (χ3n) is 5.08. The molecule has 0 radical (unpaired) electrons. The van der Waals surface area contributed by atoms with Crippen LogP contribution in [0.25, 0.3) is 5.78 Å². The Morgan fingerprint density at radius 1 is 1.00 bits per heavy atom. The zero-order valence-corrected chi connectivity index (χ0v) is 18.0. The second-order valence-electron chi connectivity index (χ2n) is 7.15. The zero-order chi connectivity index (χ0) is 22.7. The highest BCUT2D eigenvalue weighted by molar-refractivity contribution is 7.91. The fourth-order valence-electron chi connectivity index (χ4n) is 3.28. The van der Waals surface area contributed by atoms with Crippen LogP contribution in [0.4, 0.5) is 0 Å². The van der Waals surface area contributed by atoms with Crippen molar-refractivity contribution in [3.8, 4) is 0 Å². The Bertz CT molecular complexity index is 1410. The first-order valence-corrected chi connectivity index (χ1v) is 11.3. The Hall–Kier alpha value is -3.85. The molecule has 8 nitrogen and oxygen atoms in total. The Morgan fingerprint density at radius 2 is 1.78 bits per heavy atom. The van der Waals surface area contributed by atoms with Crippen LogP contribution in [0.3, 0.4) is 0 Å². The number of ketones is 1. The number of Topliss-reactive ketones (excluding diaryl/α,β-unsaturated/α-hetero) is 1. The zero-order valence-electron chi connectivity index (χ0n) is 17.2. The van der Waals surface area contributed by atoms with Crippen LogP contribution in [-0.4, -0.2) is 41.5 Å². The van der Waals surface area contributed by atoms with E-state index in [1.165, 1.54) is 43.6 Å². The van der Waals surface area contributed by atoms with Gasteiger partial charge in [-0.05, 0) is 42.3 Å². The first-order valence-electron chi connectivity index (χ1n) is 9.86. The lowest BCUT2D eigenvalue weighted by Crippen LogP contribution is -2.18. The lowest BCUT2D eigenvalue weighted by atomic mass is 10.0. The summed E-state index contributed by atoms with van der Waals surface area (Å²) in [6.45, 7) is 0. The van der Waals surface area contributed by atoms with E-state index in [2.05, 4.69) is 15.3 Å². The molecule has 0 saturated carbocycles. The van der Waals surface area contributed by atoms with Crippen molar-refractivity contribution in [1.29, 1.82) is 0 Å². The fraction of sp³-hybridized carbons (Fsp3) is 0.130. The number of amides is 1. The number of aromatic nitrogens is 3. The molecule has 0 saturated heterocycles. The molecule has 4 rings (SSSR count). The van der Waals surface area contributed by atoms with Crippen LogP contribution in [0.1, 0.15) is 32.7 Å². The van der Waals surface area contributed by atoms with Gasteiger partial charge in [0, 0.05) is 43.8 Å². The van der Waals surface area contributed by atoms with E-state index in [9.17, 15) is 18.0 Å². The normalized spacial score (nSPS) is 11.4. The number of rotatable bonds is 7. The first-order chi connectivity index (χ1) is 15.4. The quantitative estimate of drug-likeness (QED) is 0.435. The molecule has 9 heteroatoms. The van der Waals surface area contributed by atoms with E-state index in [4.69, 9.17) is 0 Å². The van der Waals surface area contributed by atoms with Gasteiger partial charge in [0.15, 0.2) is 5.78 Å². The molecular weight excluding hydrogens is 428 g/mol. The average molecular weight is 449 g/mol. The summed E-state index contributed by atoms with van der Waals surface area (Å²) in [7, 11) is -2.29. The summed E-state index contributed by atoms with van der Waals surface area (Å²) in [6, 6.07) is 12.3. The molecule has 0 aliphatic rings. The van der Waals surface area contributed by atoms with Crippen molar-refractivity contribution in [2.75, 3.05) is 7.05 Å². The van der Waals surface area contributed by atoms with Crippen molar-refractivity contribution in [2.24, 2.45) is 0 Å². The van der Waals surface area contributed by atoms with E-state index in [1.807, 2.05) is 0 Å². The van der Waals surface area contributed by atoms with E-state index < -0.39 is 9.84 Å². The maximum absolute atomic E-state index is 12.9. The highest BCUT2D eigenvalue weighted by atomic mass is 32.2. The predicted molar refractivity (Wildman–Crippen MR) is 117 cm³/mol. The van der Waals surface area contributed by atoms with Gasteiger partial charge in [0.25, 0.3) is 5.91 Å². The van der Waals surface area contributed by atoms with E-state index >= 15 is 0 Å². The van der Waals surface area contributed by atoms with Crippen molar-refractivity contribution in [3.63, 3.8) is 0 Å². The van der Waals surface area contributed by atoms with Crippen LogP contribution in [0.15, 0.2) is 83.1 Å². The minimum absolute atomic E-state index is 0.0453. The van der Waals surface area contributed by atoms with Gasteiger partial charge in [-0.15, -0.1) is 0 Å². The van der Waals surface area contributed by atoms with Gasteiger partial charge < -0.3 is 5.32 Å². The molecule has 0 fully saturated rings. The van der Waals surface area contributed by atoms with Gasteiger partial charge in [0.2, 0.25) is 15.6 Å². The van der Waals surface area contributed by atoms with Crippen molar-refractivity contribution in [2.45, 2.75) is 22.6 Å². The van der Waals surface area contributed by atoms with Crippen molar-refractivity contribution < 1.29 is 18.0 Å². The summed E-state index contributed by atoms with van der Waals surface area (Å²) >= 11 is 0. The minimum atomic E-state index is -3.77. The molecule has 2 aromatic carbocycles. The maximum Gasteiger partial charge on any atom is 0.251 e. The molecule has 4 aromatic rings. The van der Waals surface area contributed by atoms with Crippen molar-refractivity contribution in [1.82, 2.24) is 19.7 Å². The lowest BCUT2D eigenvalue weighted by molar-refractivity contribution is 0.0960. The number of benzene rings is 2. The van der Waals surface area contributed by atoms with E-state index in [-0.39, 0.29) is 33.5 Å². The monoisotopic (exact) mass is 448 g/mol.